The van der Waals surface area contributed by atoms with E-state index in [0.29, 0.717) is 13.2 Å². The van der Waals surface area contributed by atoms with Crippen LogP contribution in [-0.4, -0.2) is 25.4 Å². The summed E-state index contributed by atoms with van der Waals surface area (Å²) in [5.41, 5.74) is 0. The predicted octanol–water partition coefficient (Wildman–Crippen LogP) is 0.321. The summed E-state index contributed by atoms with van der Waals surface area (Å²) < 4.78 is 5.06. The number of carbonyl (C=O) groups is 1. The second-order valence-electron chi connectivity index (χ2n) is 2.77. The van der Waals surface area contributed by atoms with E-state index in [0.717, 1.165) is 0 Å². The summed E-state index contributed by atoms with van der Waals surface area (Å²) in [6, 6.07) is 2.10. The maximum Gasteiger partial charge on any atom is 0.331 e. The molecule has 5 nitrogen and oxygen atoms in total. The summed E-state index contributed by atoms with van der Waals surface area (Å²) in [6.45, 7) is 2.15. The Balaban J connectivity index is 2.40. The molecule has 2 atom stereocenters. The van der Waals surface area contributed by atoms with Gasteiger partial charge in [0, 0.05) is 12.8 Å². The first-order valence-electron chi connectivity index (χ1n) is 3.92. The van der Waals surface area contributed by atoms with Crippen LogP contribution in [0.15, 0.2) is 5.16 Å². The van der Waals surface area contributed by atoms with Gasteiger partial charge in [-0.1, -0.05) is 5.16 Å². The molecule has 1 rings (SSSR count). The molecule has 0 aliphatic carbocycles. The number of oxime groups is 1. The Kier molecular flexibility index (Phi) is 3.41. The molecule has 0 saturated carbocycles. The molecule has 0 amide bonds. The fraction of sp³-hybridized carbons (Fsp3) is 0.625. The van der Waals surface area contributed by atoms with Crippen molar-refractivity contribution in [2.45, 2.75) is 6.92 Å². The summed E-state index contributed by atoms with van der Waals surface area (Å²) >= 11 is 0. The Morgan fingerprint density at radius 1 is 1.77 bits per heavy atom. The van der Waals surface area contributed by atoms with Crippen LogP contribution in [0.2, 0.25) is 0 Å². The standard InChI is InChI=1S/C8H10N2O3/c1-6(11)13-10-3-8-5-12-4-7(8)2-9/h3,7-8H,4-5H2,1H3/b10-3+. The van der Waals surface area contributed by atoms with Crippen LogP contribution in [0.25, 0.3) is 0 Å². The molecule has 5 heteroatoms. The molecule has 70 valence electrons. The fourth-order valence-corrected chi connectivity index (χ4v) is 1.03. The quantitative estimate of drug-likeness (QED) is 0.350. The molecule has 0 aromatic rings. The fourth-order valence-electron chi connectivity index (χ4n) is 1.03. The van der Waals surface area contributed by atoms with Gasteiger partial charge in [-0.05, 0) is 0 Å². The molecule has 0 aromatic carbocycles. The van der Waals surface area contributed by atoms with Crippen molar-refractivity contribution >= 4 is 12.2 Å². The summed E-state index contributed by atoms with van der Waals surface area (Å²) in [4.78, 5) is 14.7. The van der Waals surface area contributed by atoms with Crippen LogP contribution in [0.3, 0.4) is 0 Å². The van der Waals surface area contributed by atoms with Crippen LogP contribution in [-0.2, 0) is 14.4 Å². The molecule has 0 spiro atoms. The SMILES string of the molecule is CC(=O)O/N=C/C1COCC1C#N. The van der Waals surface area contributed by atoms with Gasteiger partial charge in [-0.2, -0.15) is 5.26 Å². The number of hydrogen-bond acceptors (Lipinski definition) is 5. The smallest absolute Gasteiger partial charge is 0.331 e. The van der Waals surface area contributed by atoms with Crippen LogP contribution in [0.1, 0.15) is 6.92 Å². The van der Waals surface area contributed by atoms with Gasteiger partial charge in [0.2, 0.25) is 0 Å². The molecule has 13 heavy (non-hydrogen) atoms. The molecule has 0 bridgehead atoms. The molecule has 2 unspecified atom stereocenters. The van der Waals surface area contributed by atoms with Gasteiger partial charge in [-0.25, -0.2) is 4.79 Å². The van der Waals surface area contributed by atoms with Gasteiger partial charge in [0.1, 0.15) is 0 Å². The summed E-state index contributed by atoms with van der Waals surface area (Å²) in [5, 5.41) is 12.1. The summed E-state index contributed by atoms with van der Waals surface area (Å²) in [5.74, 6) is -0.715. The van der Waals surface area contributed by atoms with Gasteiger partial charge < -0.3 is 9.57 Å². The van der Waals surface area contributed by atoms with Crippen LogP contribution in [0, 0.1) is 23.2 Å². The van der Waals surface area contributed by atoms with Crippen molar-refractivity contribution in [2.75, 3.05) is 13.2 Å². The van der Waals surface area contributed by atoms with Gasteiger partial charge in [0.15, 0.2) is 0 Å². The third kappa shape index (κ3) is 2.84. The maximum atomic E-state index is 10.3. The van der Waals surface area contributed by atoms with Gasteiger partial charge >= 0.3 is 5.97 Å². The van der Waals surface area contributed by atoms with E-state index in [1.165, 1.54) is 13.1 Å². The molecular weight excluding hydrogens is 172 g/mol. The average Bonchev–Trinajstić information content (AvgIpc) is 2.51. The highest BCUT2D eigenvalue weighted by Crippen LogP contribution is 2.17. The number of ether oxygens (including phenoxy) is 1. The molecule has 1 aliphatic rings. The lowest BCUT2D eigenvalue weighted by molar-refractivity contribution is -0.140. The number of nitriles is 1. The molecule has 0 N–H and O–H groups in total. The van der Waals surface area contributed by atoms with Gasteiger partial charge in [-0.3, -0.25) is 0 Å². The monoisotopic (exact) mass is 182 g/mol. The van der Waals surface area contributed by atoms with E-state index in [4.69, 9.17) is 10.00 Å². The summed E-state index contributed by atoms with van der Waals surface area (Å²) in [6.07, 6.45) is 1.45. The highest BCUT2D eigenvalue weighted by molar-refractivity contribution is 5.68. The highest BCUT2D eigenvalue weighted by Gasteiger charge is 2.26. The minimum Gasteiger partial charge on any atom is -0.379 e. The van der Waals surface area contributed by atoms with Crippen molar-refractivity contribution in [2.24, 2.45) is 17.0 Å². The van der Waals surface area contributed by atoms with Crippen LogP contribution >= 0.6 is 0 Å². The first kappa shape index (κ1) is 9.68. The topological polar surface area (TPSA) is 71.7 Å². The normalized spacial score (nSPS) is 27.4. The second-order valence-corrected chi connectivity index (χ2v) is 2.77. The lowest BCUT2D eigenvalue weighted by Crippen LogP contribution is -2.12. The first-order valence-corrected chi connectivity index (χ1v) is 3.92. The summed E-state index contributed by atoms with van der Waals surface area (Å²) in [7, 11) is 0. The lowest BCUT2D eigenvalue weighted by Gasteiger charge is -2.01. The molecule has 1 aliphatic heterocycles. The minimum atomic E-state index is -0.469. The van der Waals surface area contributed by atoms with Gasteiger partial charge in [0.25, 0.3) is 0 Å². The number of rotatable bonds is 2. The van der Waals surface area contributed by atoms with E-state index in [1.807, 2.05) is 0 Å². The second kappa shape index (κ2) is 4.58. The van der Waals surface area contributed by atoms with E-state index in [1.54, 1.807) is 0 Å². The third-order valence-corrected chi connectivity index (χ3v) is 1.72. The van der Waals surface area contributed by atoms with E-state index in [9.17, 15) is 4.79 Å². The lowest BCUT2D eigenvalue weighted by atomic mass is 9.99. The molecule has 1 fully saturated rings. The van der Waals surface area contributed by atoms with Crippen LogP contribution in [0.4, 0.5) is 0 Å². The Morgan fingerprint density at radius 2 is 2.54 bits per heavy atom. The zero-order chi connectivity index (χ0) is 9.68. The van der Waals surface area contributed by atoms with Crippen LogP contribution < -0.4 is 0 Å². The van der Waals surface area contributed by atoms with Gasteiger partial charge in [0.05, 0.1) is 31.4 Å². The third-order valence-electron chi connectivity index (χ3n) is 1.72. The molecule has 0 aromatic heterocycles. The van der Waals surface area contributed by atoms with Crippen molar-refractivity contribution in [1.29, 1.82) is 5.26 Å². The van der Waals surface area contributed by atoms with Crippen molar-refractivity contribution in [3.05, 3.63) is 0 Å². The Hall–Kier alpha value is -1.41. The van der Waals surface area contributed by atoms with Crippen LogP contribution in [0.5, 0.6) is 0 Å². The number of nitrogens with zero attached hydrogens (tertiary/aromatic N) is 2. The minimum absolute atomic E-state index is 0.0654. The predicted molar refractivity (Wildman–Crippen MR) is 43.7 cm³/mol. The molecule has 1 saturated heterocycles. The Bertz CT molecular complexity index is 257. The average molecular weight is 182 g/mol. The number of carbonyl (C=O) groups excluding carboxylic acids is 1. The first-order chi connectivity index (χ1) is 6.24. The van der Waals surface area contributed by atoms with Gasteiger partial charge in [-0.15, -0.1) is 0 Å². The zero-order valence-electron chi connectivity index (χ0n) is 7.27. The number of hydrogen-bond donors (Lipinski definition) is 0. The van der Waals surface area contributed by atoms with E-state index in [2.05, 4.69) is 16.1 Å². The Morgan fingerprint density at radius 3 is 3.15 bits per heavy atom. The van der Waals surface area contributed by atoms with Crippen molar-refractivity contribution in [3.8, 4) is 6.07 Å². The van der Waals surface area contributed by atoms with Crippen molar-refractivity contribution in [1.82, 2.24) is 0 Å². The van der Waals surface area contributed by atoms with E-state index in [-0.39, 0.29) is 11.8 Å². The Labute approximate surface area is 75.9 Å². The van der Waals surface area contributed by atoms with Crippen molar-refractivity contribution < 1.29 is 14.4 Å². The van der Waals surface area contributed by atoms with Crippen molar-refractivity contribution in [3.63, 3.8) is 0 Å². The molecule has 1 heterocycles. The molecular formula is C8H10N2O3. The largest absolute Gasteiger partial charge is 0.379 e. The maximum absolute atomic E-state index is 10.3. The highest BCUT2D eigenvalue weighted by atomic mass is 16.7. The zero-order valence-corrected chi connectivity index (χ0v) is 7.27. The van der Waals surface area contributed by atoms with E-state index >= 15 is 0 Å². The molecule has 0 radical (unpaired) electrons. The van der Waals surface area contributed by atoms with E-state index < -0.39 is 5.97 Å².